The van der Waals surface area contributed by atoms with Gasteiger partial charge in [-0.2, -0.15) is 0 Å². The molecular formula is C28H24N2O3S. The number of amides is 1. The van der Waals surface area contributed by atoms with E-state index in [1.165, 1.54) is 21.8 Å². The van der Waals surface area contributed by atoms with Crippen LogP contribution in [-0.2, 0) is 9.59 Å². The van der Waals surface area contributed by atoms with Crippen molar-refractivity contribution in [2.45, 2.75) is 32.7 Å². The molecule has 5 rings (SSSR count). The molecule has 3 aromatic carbocycles. The zero-order valence-corrected chi connectivity index (χ0v) is 20.0. The molecule has 1 saturated heterocycles. The van der Waals surface area contributed by atoms with E-state index in [-0.39, 0.29) is 11.3 Å². The van der Waals surface area contributed by atoms with Gasteiger partial charge in [-0.15, -0.1) is 0 Å². The van der Waals surface area contributed by atoms with E-state index in [1.54, 1.807) is 24.3 Å². The summed E-state index contributed by atoms with van der Waals surface area (Å²) in [6.45, 7) is 6.21. The Morgan fingerprint density at radius 1 is 1.00 bits per heavy atom. The minimum atomic E-state index is -0.773. The first-order valence-electron chi connectivity index (χ1n) is 11.2. The van der Waals surface area contributed by atoms with Gasteiger partial charge in [0.05, 0.1) is 21.8 Å². The quantitative estimate of drug-likeness (QED) is 0.215. The van der Waals surface area contributed by atoms with Gasteiger partial charge in [0.15, 0.2) is 5.13 Å². The lowest BCUT2D eigenvalue weighted by Crippen LogP contribution is -2.29. The Hall–Kier alpha value is -3.77. The number of hydrogen-bond acceptors (Lipinski definition) is 5. The van der Waals surface area contributed by atoms with Gasteiger partial charge in [0.25, 0.3) is 5.78 Å². The lowest BCUT2D eigenvalue weighted by Gasteiger charge is -2.23. The molecule has 1 aliphatic rings. The van der Waals surface area contributed by atoms with E-state index in [4.69, 9.17) is 4.98 Å². The van der Waals surface area contributed by atoms with Crippen molar-refractivity contribution in [3.05, 3.63) is 101 Å². The van der Waals surface area contributed by atoms with Crippen molar-refractivity contribution in [1.82, 2.24) is 4.98 Å². The van der Waals surface area contributed by atoms with Gasteiger partial charge in [-0.05, 0) is 36.1 Å². The predicted octanol–water partition coefficient (Wildman–Crippen LogP) is 6.35. The summed E-state index contributed by atoms with van der Waals surface area (Å²) in [6, 6.07) is 21.8. The minimum Gasteiger partial charge on any atom is -0.507 e. The van der Waals surface area contributed by atoms with Crippen molar-refractivity contribution in [3.63, 3.8) is 0 Å². The Bertz CT molecular complexity index is 1450. The molecule has 5 nitrogen and oxygen atoms in total. The first-order chi connectivity index (χ1) is 16.3. The molecule has 34 heavy (non-hydrogen) atoms. The molecule has 0 radical (unpaired) electrons. The molecule has 0 spiro atoms. The second kappa shape index (κ2) is 8.54. The molecule has 6 heteroatoms. The maximum atomic E-state index is 13.4. The predicted molar refractivity (Wildman–Crippen MR) is 136 cm³/mol. The molecule has 1 atom stereocenters. The molecule has 1 N–H and O–H groups in total. The zero-order chi connectivity index (χ0) is 24.0. The molecule has 170 valence electrons. The summed E-state index contributed by atoms with van der Waals surface area (Å²) in [5, 5.41) is 11.6. The largest absolute Gasteiger partial charge is 0.507 e. The van der Waals surface area contributed by atoms with Crippen molar-refractivity contribution in [3.8, 4) is 0 Å². The number of hydrogen-bond donors (Lipinski definition) is 1. The zero-order valence-electron chi connectivity index (χ0n) is 19.1. The summed E-state index contributed by atoms with van der Waals surface area (Å²) in [4.78, 5) is 32.8. The normalized spacial score (nSPS) is 17.8. The molecule has 1 unspecified atom stereocenters. The van der Waals surface area contributed by atoms with Crippen LogP contribution in [-0.4, -0.2) is 21.8 Å². The molecule has 1 aromatic heterocycles. The molecule has 4 aromatic rings. The van der Waals surface area contributed by atoms with Crippen LogP contribution in [0.5, 0.6) is 0 Å². The Labute approximate surface area is 202 Å². The van der Waals surface area contributed by atoms with Crippen molar-refractivity contribution in [2.75, 3.05) is 4.90 Å². The van der Waals surface area contributed by atoms with E-state index in [2.05, 4.69) is 19.9 Å². The first-order valence-corrected chi connectivity index (χ1v) is 12.0. The van der Waals surface area contributed by atoms with Gasteiger partial charge in [0.1, 0.15) is 5.76 Å². The number of fused-ring (bicyclic) bond motifs is 1. The lowest BCUT2D eigenvalue weighted by atomic mass is 9.94. The summed E-state index contributed by atoms with van der Waals surface area (Å²) < 4.78 is 0.953. The molecule has 0 aliphatic carbocycles. The summed E-state index contributed by atoms with van der Waals surface area (Å²) in [5.41, 5.74) is 4.27. The number of thiazole rings is 1. The van der Waals surface area contributed by atoms with Gasteiger partial charge in [0.2, 0.25) is 0 Å². The van der Waals surface area contributed by atoms with Gasteiger partial charge >= 0.3 is 5.91 Å². The molecule has 0 bridgehead atoms. The van der Waals surface area contributed by atoms with Crippen LogP contribution in [0.1, 0.15) is 48.1 Å². The van der Waals surface area contributed by atoms with E-state index in [0.29, 0.717) is 16.6 Å². The highest BCUT2D eigenvalue weighted by Gasteiger charge is 2.48. The fourth-order valence-electron chi connectivity index (χ4n) is 4.33. The number of aromatic nitrogens is 1. The number of aliphatic hydroxyl groups is 1. The van der Waals surface area contributed by atoms with E-state index >= 15 is 0 Å². The average Bonchev–Trinajstić information content (AvgIpc) is 3.37. The van der Waals surface area contributed by atoms with E-state index < -0.39 is 17.7 Å². The van der Waals surface area contributed by atoms with Crippen molar-refractivity contribution in [1.29, 1.82) is 0 Å². The highest BCUT2D eigenvalue weighted by molar-refractivity contribution is 7.22. The van der Waals surface area contributed by atoms with Crippen LogP contribution in [0.15, 0.2) is 78.4 Å². The van der Waals surface area contributed by atoms with Crippen LogP contribution < -0.4 is 4.90 Å². The number of Topliss-reactive ketones (excluding diaryl/α,β-unsaturated/α-hetero) is 1. The van der Waals surface area contributed by atoms with Crippen LogP contribution in [0.2, 0.25) is 0 Å². The van der Waals surface area contributed by atoms with Crippen LogP contribution in [0.25, 0.3) is 16.0 Å². The summed E-state index contributed by atoms with van der Waals surface area (Å²) >= 11 is 1.38. The Kier molecular flexibility index (Phi) is 5.54. The third kappa shape index (κ3) is 3.70. The lowest BCUT2D eigenvalue weighted by molar-refractivity contribution is -0.132. The third-order valence-corrected chi connectivity index (χ3v) is 7.14. The third-order valence-electron chi connectivity index (χ3n) is 6.12. The fraction of sp³-hybridized carbons (Fsp3) is 0.179. The van der Waals surface area contributed by atoms with E-state index in [0.717, 1.165) is 21.3 Å². The van der Waals surface area contributed by atoms with E-state index in [1.807, 2.05) is 49.4 Å². The molecule has 1 aliphatic heterocycles. The number of anilines is 1. The molecule has 2 heterocycles. The highest BCUT2D eigenvalue weighted by Crippen LogP contribution is 2.44. The topological polar surface area (TPSA) is 70.5 Å². The summed E-state index contributed by atoms with van der Waals surface area (Å²) in [5.74, 6) is -1.22. The minimum absolute atomic E-state index is 0.0731. The maximum Gasteiger partial charge on any atom is 0.301 e. The highest BCUT2D eigenvalue weighted by atomic mass is 32.1. The fourth-order valence-corrected chi connectivity index (χ4v) is 5.37. The number of benzene rings is 3. The number of carbonyl (C=O) groups excluding carboxylic acids is 2. The number of nitrogens with zero attached hydrogens (tertiary/aromatic N) is 2. The van der Waals surface area contributed by atoms with Gasteiger partial charge in [-0.3, -0.25) is 14.5 Å². The Balaban J connectivity index is 1.72. The molecule has 0 saturated carbocycles. The standard InChI is InChI=1S/C28H24N2O3S/c1-16(2)19-12-13-21-22(15-19)34-28(29-21)30-24(20-11-7-8-17(3)14-20)23(26(32)27(30)33)25(31)18-9-5-4-6-10-18/h4-16,24,31H,1-3H3/b25-23+. The maximum absolute atomic E-state index is 13.4. The van der Waals surface area contributed by atoms with Crippen molar-refractivity contribution >= 4 is 44.1 Å². The van der Waals surface area contributed by atoms with Crippen LogP contribution in [0.3, 0.4) is 0 Å². The monoisotopic (exact) mass is 468 g/mol. The Morgan fingerprint density at radius 3 is 2.47 bits per heavy atom. The summed E-state index contributed by atoms with van der Waals surface area (Å²) in [7, 11) is 0. The summed E-state index contributed by atoms with van der Waals surface area (Å²) in [6.07, 6.45) is 0. The van der Waals surface area contributed by atoms with Gasteiger partial charge in [-0.1, -0.05) is 91.4 Å². The van der Waals surface area contributed by atoms with Crippen molar-refractivity contribution < 1.29 is 14.7 Å². The number of ketones is 1. The first kappa shape index (κ1) is 22.0. The van der Waals surface area contributed by atoms with Gasteiger partial charge in [0, 0.05) is 5.56 Å². The Morgan fingerprint density at radius 2 is 1.76 bits per heavy atom. The second-order valence-corrected chi connectivity index (χ2v) is 9.84. The second-order valence-electron chi connectivity index (χ2n) is 8.83. The number of rotatable bonds is 4. The molecule has 1 amide bonds. The van der Waals surface area contributed by atoms with Crippen LogP contribution in [0.4, 0.5) is 5.13 Å². The number of aryl methyl sites for hydroxylation is 1. The van der Waals surface area contributed by atoms with Gasteiger partial charge in [-0.25, -0.2) is 4.98 Å². The smallest absolute Gasteiger partial charge is 0.301 e. The van der Waals surface area contributed by atoms with Crippen molar-refractivity contribution in [2.24, 2.45) is 0 Å². The number of aliphatic hydroxyl groups excluding tert-OH is 1. The number of carbonyl (C=O) groups is 2. The average molecular weight is 469 g/mol. The van der Waals surface area contributed by atoms with Crippen LogP contribution in [0, 0.1) is 6.92 Å². The van der Waals surface area contributed by atoms with E-state index in [9.17, 15) is 14.7 Å². The SMILES string of the molecule is Cc1cccc(C2/C(=C(\O)c3ccccc3)C(=O)C(=O)N2c2nc3ccc(C(C)C)cc3s2)c1. The van der Waals surface area contributed by atoms with Crippen LogP contribution >= 0.6 is 11.3 Å². The molecular weight excluding hydrogens is 444 g/mol. The molecule has 1 fully saturated rings. The van der Waals surface area contributed by atoms with Gasteiger partial charge < -0.3 is 5.11 Å².